The minimum absolute atomic E-state index is 0.723. The average Bonchev–Trinajstić information content (AvgIpc) is 3.72. The summed E-state index contributed by atoms with van der Waals surface area (Å²) >= 11 is 1.86. The molecule has 0 saturated carbocycles. The van der Waals surface area contributed by atoms with Crippen molar-refractivity contribution in [3.05, 3.63) is 158 Å². The van der Waals surface area contributed by atoms with E-state index in [1.54, 1.807) is 0 Å². The standard InChI is InChI=1S/C43H26N4S/c1-3-11-27(12-4-1)29-23-36(28-13-5-2-6-14-28)45-37(24-29)38-25-44-26-41(46-38)47-39-17-9-7-15-30(39)32-19-22-35-33(42(32)47)20-21-34-31-16-8-10-18-40(31)48-43(34)35/h1-26H. The second kappa shape index (κ2) is 10.7. The Morgan fingerprint density at radius 1 is 0.438 bits per heavy atom. The van der Waals surface area contributed by atoms with Gasteiger partial charge in [-0.2, -0.15) is 0 Å². The predicted octanol–water partition coefficient (Wildman–Crippen LogP) is 11.5. The maximum absolute atomic E-state index is 5.30. The highest BCUT2D eigenvalue weighted by Gasteiger charge is 2.19. The van der Waals surface area contributed by atoms with Crippen LogP contribution in [0.4, 0.5) is 0 Å². The maximum Gasteiger partial charge on any atom is 0.156 e. The molecule has 0 fully saturated rings. The Labute approximate surface area is 280 Å². The smallest absolute Gasteiger partial charge is 0.156 e. The van der Waals surface area contributed by atoms with Gasteiger partial charge >= 0.3 is 0 Å². The Bertz CT molecular complexity index is 2780. The van der Waals surface area contributed by atoms with E-state index < -0.39 is 0 Å². The fourth-order valence-electron chi connectivity index (χ4n) is 7.09. The number of thiophene rings is 1. The topological polar surface area (TPSA) is 43.6 Å². The normalized spacial score (nSPS) is 11.8. The van der Waals surface area contributed by atoms with Gasteiger partial charge in [0.2, 0.25) is 0 Å². The van der Waals surface area contributed by atoms with Gasteiger partial charge in [-0.25, -0.2) is 9.97 Å². The molecule has 0 saturated heterocycles. The maximum atomic E-state index is 5.30. The van der Waals surface area contributed by atoms with E-state index in [0.29, 0.717) is 0 Å². The highest BCUT2D eigenvalue weighted by molar-refractivity contribution is 7.26. The fraction of sp³-hybridized carbons (Fsp3) is 0. The summed E-state index contributed by atoms with van der Waals surface area (Å²) in [6.45, 7) is 0. The molecule has 4 heterocycles. The van der Waals surface area contributed by atoms with Crippen molar-refractivity contribution in [2.24, 2.45) is 0 Å². The molecule has 0 aliphatic heterocycles. The molecule has 0 spiro atoms. The van der Waals surface area contributed by atoms with E-state index in [1.165, 1.54) is 41.7 Å². The molecule has 0 N–H and O–H groups in total. The largest absolute Gasteiger partial charge is 0.292 e. The minimum Gasteiger partial charge on any atom is -0.292 e. The first-order valence-electron chi connectivity index (χ1n) is 16.0. The highest BCUT2D eigenvalue weighted by Crippen LogP contribution is 2.43. The number of hydrogen-bond donors (Lipinski definition) is 0. The number of para-hydroxylation sites is 1. The lowest BCUT2D eigenvalue weighted by Gasteiger charge is -2.12. The Morgan fingerprint density at radius 3 is 1.88 bits per heavy atom. The number of nitrogens with zero attached hydrogens (tertiary/aromatic N) is 4. The van der Waals surface area contributed by atoms with E-state index in [0.717, 1.165) is 50.6 Å². The quantitative estimate of drug-likeness (QED) is 0.194. The van der Waals surface area contributed by atoms with Gasteiger partial charge in [-0.15, -0.1) is 11.3 Å². The first-order chi connectivity index (χ1) is 23.8. The molecule has 0 atom stereocenters. The summed E-state index contributed by atoms with van der Waals surface area (Å²) in [5.74, 6) is 0.760. The lowest BCUT2D eigenvalue weighted by molar-refractivity contribution is 1.04. The third kappa shape index (κ3) is 4.18. The lowest BCUT2D eigenvalue weighted by Crippen LogP contribution is -2.01. The molecule has 0 aliphatic rings. The van der Waals surface area contributed by atoms with Crippen molar-refractivity contribution in [3.63, 3.8) is 0 Å². The summed E-state index contributed by atoms with van der Waals surface area (Å²) in [6, 6.07) is 51.4. The molecule has 0 unspecified atom stereocenters. The van der Waals surface area contributed by atoms with E-state index >= 15 is 0 Å². The van der Waals surface area contributed by atoms with Gasteiger partial charge < -0.3 is 0 Å². The second-order valence-corrected chi connectivity index (χ2v) is 13.1. The zero-order chi connectivity index (χ0) is 31.6. The molecule has 48 heavy (non-hydrogen) atoms. The van der Waals surface area contributed by atoms with Crippen LogP contribution in [0.25, 0.3) is 92.3 Å². The van der Waals surface area contributed by atoms with Gasteiger partial charge in [0.15, 0.2) is 5.82 Å². The predicted molar refractivity (Wildman–Crippen MR) is 201 cm³/mol. The van der Waals surface area contributed by atoms with Crippen LogP contribution < -0.4 is 0 Å². The van der Waals surface area contributed by atoms with Crippen molar-refractivity contribution in [3.8, 4) is 39.6 Å². The molecule has 0 aliphatic carbocycles. The zero-order valence-corrected chi connectivity index (χ0v) is 26.5. The summed E-state index contributed by atoms with van der Waals surface area (Å²) in [6.07, 6.45) is 3.69. The summed E-state index contributed by atoms with van der Waals surface area (Å²) in [5.41, 5.74) is 7.90. The molecule has 6 aromatic carbocycles. The molecule has 224 valence electrons. The van der Waals surface area contributed by atoms with Crippen LogP contribution in [-0.4, -0.2) is 19.5 Å². The van der Waals surface area contributed by atoms with Crippen LogP contribution in [0.3, 0.4) is 0 Å². The van der Waals surface area contributed by atoms with Gasteiger partial charge in [0.25, 0.3) is 0 Å². The number of hydrogen-bond acceptors (Lipinski definition) is 4. The Kier molecular flexibility index (Phi) is 6.01. The number of benzene rings is 6. The van der Waals surface area contributed by atoms with Crippen LogP contribution in [0.2, 0.25) is 0 Å². The van der Waals surface area contributed by atoms with Crippen molar-refractivity contribution < 1.29 is 0 Å². The van der Waals surface area contributed by atoms with Crippen LogP contribution in [0.1, 0.15) is 0 Å². The van der Waals surface area contributed by atoms with Crippen molar-refractivity contribution in [1.82, 2.24) is 19.5 Å². The summed E-state index contributed by atoms with van der Waals surface area (Å²) in [5, 5.41) is 7.43. The van der Waals surface area contributed by atoms with E-state index in [2.05, 4.69) is 126 Å². The molecule has 10 rings (SSSR count). The Hall–Kier alpha value is -6.17. The number of rotatable bonds is 4. The third-order valence-corrected chi connectivity index (χ3v) is 10.5. The molecule has 0 bridgehead atoms. The van der Waals surface area contributed by atoms with Gasteiger partial charge in [-0.1, -0.05) is 121 Å². The van der Waals surface area contributed by atoms with Gasteiger partial charge in [0.05, 0.1) is 34.8 Å². The van der Waals surface area contributed by atoms with Crippen molar-refractivity contribution >= 4 is 64.1 Å². The molecule has 0 radical (unpaired) electrons. The van der Waals surface area contributed by atoms with Gasteiger partial charge in [0.1, 0.15) is 5.69 Å². The van der Waals surface area contributed by atoms with Gasteiger partial charge in [-0.05, 0) is 35.4 Å². The van der Waals surface area contributed by atoms with Crippen molar-refractivity contribution in [2.75, 3.05) is 0 Å². The van der Waals surface area contributed by atoms with Crippen LogP contribution >= 0.6 is 11.3 Å². The van der Waals surface area contributed by atoms with Crippen LogP contribution in [0.15, 0.2) is 158 Å². The highest BCUT2D eigenvalue weighted by atomic mass is 32.1. The first kappa shape index (κ1) is 27.0. The molecule has 0 amide bonds. The average molecular weight is 631 g/mol. The molecular formula is C43H26N4S. The van der Waals surface area contributed by atoms with Crippen LogP contribution in [0, 0.1) is 0 Å². The molecule has 4 nitrogen and oxygen atoms in total. The zero-order valence-electron chi connectivity index (χ0n) is 25.7. The number of pyridine rings is 1. The van der Waals surface area contributed by atoms with E-state index in [-0.39, 0.29) is 0 Å². The van der Waals surface area contributed by atoms with Gasteiger partial charge in [-0.3, -0.25) is 9.55 Å². The second-order valence-electron chi connectivity index (χ2n) is 12.1. The van der Waals surface area contributed by atoms with E-state index in [1.807, 2.05) is 48.0 Å². The summed E-state index contributed by atoms with van der Waals surface area (Å²) in [4.78, 5) is 15.2. The Balaban J connectivity index is 1.23. The van der Waals surface area contributed by atoms with Crippen LogP contribution in [0.5, 0.6) is 0 Å². The SMILES string of the molecule is c1ccc(-c2cc(-c3ccccc3)nc(-c3cncc(-n4c5ccccc5c5ccc6c(ccc7c8ccccc8sc76)c54)n3)c2)cc1. The first-order valence-corrected chi connectivity index (χ1v) is 16.8. The molecule has 5 heteroatoms. The van der Waals surface area contributed by atoms with E-state index in [4.69, 9.17) is 15.0 Å². The summed E-state index contributed by atoms with van der Waals surface area (Å²) in [7, 11) is 0. The summed E-state index contributed by atoms with van der Waals surface area (Å²) < 4.78 is 4.89. The lowest BCUT2D eigenvalue weighted by atomic mass is 10.0. The molecule has 10 aromatic rings. The van der Waals surface area contributed by atoms with Crippen LogP contribution in [-0.2, 0) is 0 Å². The number of aromatic nitrogens is 4. The fourth-order valence-corrected chi connectivity index (χ4v) is 8.32. The third-order valence-electron chi connectivity index (χ3n) is 9.29. The molecular weight excluding hydrogens is 605 g/mol. The van der Waals surface area contributed by atoms with Gasteiger partial charge in [0, 0.05) is 47.3 Å². The van der Waals surface area contributed by atoms with Crippen molar-refractivity contribution in [2.45, 2.75) is 0 Å². The van der Waals surface area contributed by atoms with Crippen molar-refractivity contribution in [1.29, 1.82) is 0 Å². The number of fused-ring (bicyclic) bond motifs is 9. The van der Waals surface area contributed by atoms with E-state index in [9.17, 15) is 0 Å². The molecule has 4 aromatic heterocycles. The minimum atomic E-state index is 0.723. The Morgan fingerprint density at radius 2 is 1.06 bits per heavy atom. The monoisotopic (exact) mass is 630 g/mol.